The lowest BCUT2D eigenvalue weighted by Gasteiger charge is -2.35. The molecule has 206 valence electrons. The van der Waals surface area contributed by atoms with E-state index in [1.165, 1.54) is 5.56 Å². The summed E-state index contributed by atoms with van der Waals surface area (Å²) < 4.78 is 0. The van der Waals surface area contributed by atoms with Gasteiger partial charge in [-0.25, -0.2) is 4.79 Å². The van der Waals surface area contributed by atoms with Gasteiger partial charge in [-0.3, -0.25) is 19.4 Å². The van der Waals surface area contributed by atoms with E-state index in [4.69, 9.17) is 23.2 Å². The zero-order valence-electron chi connectivity index (χ0n) is 22.0. The monoisotopic (exact) mass is 569 g/mol. The Morgan fingerprint density at radius 3 is 2.44 bits per heavy atom. The molecule has 3 aliphatic heterocycles. The van der Waals surface area contributed by atoms with Crippen LogP contribution in [0.3, 0.4) is 0 Å². The van der Waals surface area contributed by atoms with Gasteiger partial charge in [0.2, 0.25) is 5.91 Å². The van der Waals surface area contributed by atoms with E-state index in [0.717, 1.165) is 26.1 Å². The highest BCUT2D eigenvalue weighted by Gasteiger charge is 2.44. The van der Waals surface area contributed by atoms with Gasteiger partial charge in [0.05, 0.1) is 23.9 Å². The number of hydrogen-bond donors (Lipinski definition) is 1. The highest BCUT2D eigenvalue weighted by molar-refractivity contribution is 6.35. The highest BCUT2D eigenvalue weighted by atomic mass is 35.5. The van der Waals surface area contributed by atoms with Gasteiger partial charge in [-0.05, 0) is 36.6 Å². The van der Waals surface area contributed by atoms with Crippen LogP contribution in [-0.2, 0) is 16.0 Å². The van der Waals surface area contributed by atoms with Crippen LogP contribution in [-0.4, -0.2) is 89.8 Å². The van der Waals surface area contributed by atoms with Gasteiger partial charge in [0, 0.05) is 62.3 Å². The molecule has 2 aromatic rings. The number of benzene rings is 2. The van der Waals surface area contributed by atoms with Crippen LogP contribution in [0.4, 0.5) is 4.79 Å². The van der Waals surface area contributed by atoms with Gasteiger partial charge in [-0.15, -0.1) is 0 Å². The molecule has 1 saturated heterocycles. The second-order valence-electron chi connectivity index (χ2n) is 10.1. The van der Waals surface area contributed by atoms with Crippen LogP contribution in [0.5, 0.6) is 0 Å². The third-order valence-electron chi connectivity index (χ3n) is 7.77. The minimum absolute atomic E-state index is 0.0502. The Bertz CT molecular complexity index is 1280. The second kappa shape index (κ2) is 12.0. The summed E-state index contributed by atoms with van der Waals surface area (Å²) in [6, 6.07) is 14.5. The second-order valence-corrected chi connectivity index (χ2v) is 10.9. The lowest BCUT2D eigenvalue weighted by atomic mass is 9.95. The number of hydrogen-bond acceptors (Lipinski definition) is 4. The van der Waals surface area contributed by atoms with Crippen molar-refractivity contribution in [1.29, 1.82) is 0 Å². The molecule has 0 spiro atoms. The van der Waals surface area contributed by atoms with Gasteiger partial charge in [-0.1, -0.05) is 59.6 Å². The Morgan fingerprint density at radius 2 is 1.74 bits per heavy atom. The van der Waals surface area contributed by atoms with E-state index in [1.54, 1.807) is 28.0 Å². The standard InChI is InChI=1S/C29H33Cl2N5O3/c1-2-36-24-19-35(28(38)26(24)27(32-29(36)39)22-9-8-21(30)18-23(22)31)13-11-25(37)34-16-14-33(15-17-34)12-10-20-6-4-3-5-7-20/h3-9,18,27H,2,10-17,19H2,1H3,(H,32,39)/t27-/m1/s1. The molecule has 1 fully saturated rings. The number of rotatable bonds is 8. The molecule has 0 aromatic heterocycles. The Morgan fingerprint density at radius 1 is 1.00 bits per heavy atom. The van der Waals surface area contributed by atoms with Gasteiger partial charge in [-0.2, -0.15) is 0 Å². The van der Waals surface area contributed by atoms with Crippen molar-refractivity contribution in [1.82, 2.24) is 24.9 Å². The first-order valence-corrected chi connectivity index (χ1v) is 14.2. The van der Waals surface area contributed by atoms with Gasteiger partial charge < -0.3 is 15.1 Å². The summed E-state index contributed by atoms with van der Waals surface area (Å²) in [5, 5.41) is 3.79. The Hall–Kier alpha value is -3.07. The lowest BCUT2D eigenvalue weighted by molar-refractivity contribution is -0.134. The van der Waals surface area contributed by atoms with Gasteiger partial charge >= 0.3 is 6.03 Å². The predicted molar refractivity (Wildman–Crippen MR) is 152 cm³/mol. The summed E-state index contributed by atoms with van der Waals surface area (Å²) in [4.78, 5) is 47.1. The zero-order chi connectivity index (χ0) is 27.5. The van der Waals surface area contributed by atoms with Crippen LogP contribution in [0.15, 0.2) is 59.8 Å². The zero-order valence-corrected chi connectivity index (χ0v) is 23.5. The molecule has 0 unspecified atom stereocenters. The summed E-state index contributed by atoms with van der Waals surface area (Å²) in [6.45, 7) is 6.94. The molecule has 39 heavy (non-hydrogen) atoms. The van der Waals surface area contributed by atoms with Crippen molar-refractivity contribution in [2.45, 2.75) is 25.8 Å². The molecule has 0 aliphatic carbocycles. The maximum Gasteiger partial charge on any atom is 0.322 e. The van der Waals surface area contributed by atoms with E-state index < -0.39 is 6.04 Å². The van der Waals surface area contributed by atoms with Crippen LogP contribution in [0.2, 0.25) is 10.0 Å². The minimum atomic E-state index is -0.669. The van der Waals surface area contributed by atoms with Crippen LogP contribution in [0.1, 0.15) is 30.5 Å². The van der Waals surface area contributed by atoms with Gasteiger partial charge in [0.25, 0.3) is 5.91 Å². The van der Waals surface area contributed by atoms with E-state index in [0.29, 0.717) is 53.1 Å². The number of nitrogens with zero attached hydrogens (tertiary/aromatic N) is 4. The molecule has 2 aromatic carbocycles. The van der Waals surface area contributed by atoms with E-state index in [9.17, 15) is 14.4 Å². The molecular weight excluding hydrogens is 537 g/mol. The molecule has 3 aliphatic rings. The number of amides is 4. The molecule has 3 heterocycles. The number of urea groups is 1. The molecule has 0 saturated carbocycles. The first-order chi connectivity index (χ1) is 18.9. The van der Waals surface area contributed by atoms with E-state index in [1.807, 2.05) is 17.9 Å². The average Bonchev–Trinajstić information content (AvgIpc) is 3.27. The summed E-state index contributed by atoms with van der Waals surface area (Å²) in [7, 11) is 0. The first-order valence-electron chi connectivity index (χ1n) is 13.4. The maximum atomic E-state index is 13.6. The summed E-state index contributed by atoms with van der Waals surface area (Å²) in [6.07, 6.45) is 1.24. The Kier molecular flexibility index (Phi) is 8.45. The normalized spacial score (nSPS) is 20.0. The van der Waals surface area contributed by atoms with Crippen LogP contribution in [0, 0.1) is 0 Å². The topological polar surface area (TPSA) is 76.2 Å². The predicted octanol–water partition coefficient (Wildman–Crippen LogP) is 3.95. The van der Waals surface area contributed by atoms with Gasteiger partial charge in [0.1, 0.15) is 0 Å². The third-order valence-corrected chi connectivity index (χ3v) is 8.33. The van der Waals surface area contributed by atoms with E-state index in [2.05, 4.69) is 34.5 Å². The number of carbonyl (C=O) groups is 3. The van der Waals surface area contributed by atoms with Gasteiger partial charge in [0.15, 0.2) is 0 Å². The van der Waals surface area contributed by atoms with Crippen LogP contribution >= 0.6 is 23.2 Å². The van der Waals surface area contributed by atoms with Crippen molar-refractivity contribution in [2.75, 3.05) is 52.4 Å². The fourth-order valence-corrected chi connectivity index (χ4v) is 6.09. The molecule has 5 rings (SSSR count). The fourth-order valence-electron chi connectivity index (χ4n) is 5.57. The lowest BCUT2D eigenvalue weighted by Crippen LogP contribution is -2.49. The van der Waals surface area contributed by atoms with Crippen molar-refractivity contribution in [3.63, 3.8) is 0 Å². The molecule has 1 N–H and O–H groups in total. The van der Waals surface area contributed by atoms with Crippen molar-refractivity contribution in [3.8, 4) is 0 Å². The SMILES string of the molecule is CCN1C(=O)N[C@H](c2ccc(Cl)cc2Cl)C2=C1CN(CCC(=O)N1CCN(CCc3ccccc3)CC1)C2=O. The summed E-state index contributed by atoms with van der Waals surface area (Å²) in [5.41, 5.74) is 3.11. The molecule has 0 bridgehead atoms. The maximum absolute atomic E-state index is 13.6. The Balaban J connectivity index is 1.18. The van der Waals surface area contributed by atoms with E-state index >= 15 is 0 Å². The van der Waals surface area contributed by atoms with Crippen molar-refractivity contribution < 1.29 is 14.4 Å². The highest BCUT2D eigenvalue weighted by Crippen LogP contribution is 2.39. The molecular formula is C29H33Cl2N5O3. The number of likely N-dealkylation sites (N-methyl/N-ethyl adjacent to an activating group) is 1. The molecule has 1 atom stereocenters. The van der Waals surface area contributed by atoms with Crippen molar-refractivity contribution in [3.05, 3.63) is 81.0 Å². The van der Waals surface area contributed by atoms with Crippen LogP contribution < -0.4 is 5.32 Å². The third kappa shape index (κ3) is 5.93. The molecule has 0 radical (unpaired) electrons. The molecule has 10 heteroatoms. The largest absolute Gasteiger partial charge is 0.340 e. The number of halogens is 2. The summed E-state index contributed by atoms with van der Waals surface area (Å²) in [5.74, 6) is -0.132. The van der Waals surface area contributed by atoms with E-state index in [-0.39, 0.29) is 30.8 Å². The number of piperazine rings is 1. The quantitative estimate of drug-likeness (QED) is 0.522. The molecule has 4 amide bonds. The number of carbonyl (C=O) groups excluding carboxylic acids is 3. The number of nitrogens with one attached hydrogen (secondary N) is 1. The average molecular weight is 571 g/mol. The minimum Gasteiger partial charge on any atom is -0.340 e. The fraction of sp³-hybridized carbons (Fsp3) is 0.414. The first kappa shape index (κ1) is 27.5. The summed E-state index contributed by atoms with van der Waals surface area (Å²) >= 11 is 12.5. The van der Waals surface area contributed by atoms with Crippen molar-refractivity contribution in [2.24, 2.45) is 0 Å². The van der Waals surface area contributed by atoms with Crippen molar-refractivity contribution >= 4 is 41.0 Å². The Labute approximate surface area is 239 Å². The molecule has 8 nitrogen and oxygen atoms in total. The van der Waals surface area contributed by atoms with Crippen LogP contribution in [0.25, 0.3) is 0 Å². The smallest absolute Gasteiger partial charge is 0.322 e.